The number of nitro groups is 1. The van der Waals surface area contributed by atoms with E-state index in [1.807, 2.05) is 0 Å². The molecule has 0 bridgehead atoms. The number of non-ortho nitro benzene ring substituents is 1. The van der Waals surface area contributed by atoms with E-state index in [0.29, 0.717) is 20.6 Å². The van der Waals surface area contributed by atoms with E-state index in [-0.39, 0.29) is 10.9 Å². The molecule has 1 heterocycles. The Morgan fingerprint density at radius 1 is 1.36 bits per heavy atom. The van der Waals surface area contributed by atoms with Gasteiger partial charge in [-0.15, -0.1) is 0 Å². The minimum absolute atomic E-state index is 0.0470. The van der Waals surface area contributed by atoms with Crippen molar-refractivity contribution in [3.8, 4) is 11.3 Å². The molecule has 2 aromatic rings. The summed E-state index contributed by atoms with van der Waals surface area (Å²) in [5.41, 5.74) is 1.05. The number of nitro benzene ring substituents is 1. The van der Waals surface area contributed by atoms with Crippen molar-refractivity contribution < 1.29 is 9.72 Å². The van der Waals surface area contributed by atoms with Crippen molar-refractivity contribution in [1.82, 2.24) is 9.88 Å². The molecule has 0 saturated heterocycles. The van der Waals surface area contributed by atoms with Crippen LogP contribution < -0.4 is 0 Å². The number of hydrogen-bond donors (Lipinski definition) is 0. The molecule has 0 aliphatic carbocycles. The lowest BCUT2D eigenvalue weighted by Gasteiger charge is -2.12. The Labute approximate surface area is 139 Å². The Kier molecular flexibility index (Phi) is 5.15. The van der Waals surface area contributed by atoms with Crippen molar-refractivity contribution in [2.75, 3.05) is 14.1 Å². The van der Waals surface area contributed by atoms with Crippen molar-refractivity contribution in [2.45, 2.75) is 4.90 Å². The van der Waals surface area contributed by atoms with Gasteiger partial charge >= 0.3 is 0 Å². The third-order valence-electron chi connectivity index (χ3n) is 2.75. The summed E-state index contributed by atoms with van der Waals surface area (Å²) in [6.07, 6.45) is 1.60. The Hall–Kier alpha value is -1.93. The predicted octanol–water partition coefficient (Wildman–Crippen LogP) is 4.19. The van der Waals surface area contributed by atoms with Crippen molar-refractivity contribution in [1.29, 1.82) is 0 Å². The van der Waals surface area contributed by atoms with E-state index in [0.717, 1.165) is 11.8 Å². The monoisotopic (exact) mass is 381 g/mol. The number of benzene rings is 1. The molecule has 2 rings (SSSR count). The summed E-state index contributed by atoms with van der Waals surface area (Å²) in [4.78, 5) is 28.8. The lowest BCUT2D eigenvalue weighted by atomic mass is 10.1. The summed E-state index contributed by atoms with van der Waals surface area (Å²) in [5.74, 6) is 0. The minimum Gasteiger partial charge on any atom is -0.339 e. The SMILES string of the molecule is CN(C)C(=O)Sc1ccc([N+](=O)[O-])cc1-c1ncccc1Br. The third kappa shape index (κ3) is 3.63. The van der Waals surface area contributed by atoms with Crippen molar-refractivity contribution in [3.05, 3.63) is 51.1 Å². The Morgan fingerprint density at radius 3 is 2.68 bits per heavy atom. The fourth-order valence-electron chi connectivity index (χ4n) is 1.67. The third-order valence-corrected chi connectivity index (χ3v) is 4.51. The van der Waals surface area contributed by atoms with Gasteiger partial charge in [-0.1, -0.05) is 0 Å². The molecule has 0 aliphatic heterocycles. The molecular weight excluding hydrogens is 370 g/mol. The maximum atomic E-state index is 11.9. The zero-order valence-corrected chi connectivity index (χ0v) is 14.2. The zero-order chi connectivity index (χ0) is 16.3. The van der Waals surface area contributed by atoms with E-state index in [4.69, 9.17) is 0 Å². The van der Waals surface area contributed by atoms with Crippen molar-refractivity contribution in [3.63, 3.8) is 0 Å². The highest BCUT2D eigenvalue weighted by Crippen LogP contribution is 2.37. The molecule has 6 nitrogen and oxygen atoms in total. The Balaban J connectivity index is 2.57. The van der Waals surface area contributed by atoms with Gasteiger partial charge in [0.15, 0.2) is 0 Å². The first-order valence-electron chi connectivity index (χ1n) is 6.18. The maximum Gasteiger partial charge on any atom is 0.285 e. The second-order valence-electron chi connectivity index (χ2n) is 4.53. The molecule has 1 amide bonds. The number of hydrogen-bond acceptors (Lipinski definition) is 5. The number of thioether (sulfide) groups is 1. The highest BCUT2D eigenvalue weighted by molar-refractivity contribution is 9.10. The average molecular weight is 382 g/mol. The largest absolute Gasteiger partial charge is 0.339 e. The van der Waals surface area contributed by atoms with Crippen molar-refractivity contribution in [2.24, 2.45) is 0 Å². The quantitative estimate of drug-likeness (QED) is 0.452. The molecular formula is C14H12BrN3O3S. The van der Waals surface area contributed by atoms with Gasteiger partial charge in [0.25, 0.3) is 10.9 Å². The standard InChI is InChI=1S/C14H12BrN3O3S/c1-17(2)14(19)22-12-6-5-9(18(20)21)8-10(12)13-11(15)4-3-7-16-13/h3-8H,1-2H3. The van der Waals surface area contributed by atoms with Gasteiger partial charge in [0.2, 0.25) is 0 Å². The molecule has 0 radical (unpaired) electrons. The lowest BCUT2D eigenvalue weighted by Crippen LogP contribution is -2.16. The van der Waals surface area contributed by atoms with Crippen LogP contribution in [0.3, 0.4) is 0 Å². The zero-order valence-electron chi connectivity index (χ0n) is 11.8. The Morgan fingerprint density at radius 2 is 2.09 bits per heavy atom. The molecule has 1 aromatic carbocycles. The molecule has 0 aliphatic rings. The molecule has 0 saturated carbocycles. The smallest absolute Gasteiger partial charge is 0.285 e. The fraction of sp³-hybridized carbons (Fsp3) is 0.143. The second-order valence-corrected chi connectivity index (χ2v) is 6.38. The average Bonchev–Trinajstić information content (AvgIpc) is 2.48. The number of aromatic nitrogens is 1. The topological polar surface area (TPSA) is 76.3 Å². The summed E-state index contributed by atoms with van der Waals surface area (Å²) in [6.45, 7) is 0. The van der Waals surface area contributed by atoms with Crippen LogP contribution in [-0.2, 0) is 0 Å². The molecule has 0 fully saturated rings. The molecule has 0 spiro atoms. The van der Waals surface area contributed by atoms with Gasteiger partial charge in [0.05, 0.1) is 10.6 Å². The van der Waals surface area contributed by atoms with Crippen LogP contribution in [-0.4, -0.2) is 34.1 Å². The van der Waals surface area contributed by atoms with E-state index >= 15 is 0 Å². The number of carbonyl (C=O) groups excluding carboxylic acids is 1. The number of amides is 1. The molecule has 0 N–H and O–H groups in total. The van der Waals surface area contributed by atoms with Crippen LogP contribution in [0, 0.1) is 10.1 Å². The van der Waals surface area contributed by atoms with E-state index < -0.39 is 4.92 Å². The van der Waals surface area contributed by atoms with Gasteiger partial charge in [0.1, 0.15) is 0 Å². The maximum absolute atomic E-state index is 11.9. The van der Waals surface area contributed by atoms with Crippen LogP contribution in [0.2, 0.25) is 0 Å². The first-order chi connectivity index (χ1) is 10.4. The van der Waals surface area contributed by atoms with Crippen molar-refractivity contribution >= 4 is 38.6 Å². The molecule has 1 aromatic heterocycles. The van der Waals surface area contributed by atoms with Crippen LogP contribution in [0.25, 0.3) is 11.3 Å². The van der Waals surface area contributed by atoms with Crippen LogP contribution >= 0.6 is 27.7 Å². The number of carbonyl (C=O) groups is 1. The number of halogens is 1. The number of nitrogens with zero attached hydrogens (tertiary/aromatic N) is 3. The van der Waals surface area contributed by atoms with E-state index in [1.165, 1.54) is 17.0 Å². The van der Waals surface area contributed by atoms with Gasteiger partial charge in [-0.05, 0) is 45.9 Å². The second kappa shape index (κ2) is 6.89. The van der Waals surface area contributed by atoms with Crippen LogP contribution in [0.4, 0.5) is 10.5 Å². The molecule has 114 valence electrons. The Bertz CT molecular complexity index is 737. The highest BCUT2D eigenvalue weighted by atomic mass is 79.9. The predicted molar refractivity (Wildman–Crippen MR) is 89.0 cm³/mol. The van der Waals surface area contributed by atoms with Gasteiger partial charge in [-0.2, -0.15) is 0 Å². The molecule has 0 atom stereocenters. The number of rotatable bonds is 3. The normalized spacial score (nSPS) is 10.3. The van der Waals surface area contributed by atoms with Crippen LogP contribution in [0.1, 0.15) is 0 Å². The lowest BCUT2D eigenvalue weighted by molar-refractivity contribution is -0.384. The van der Waals surface area contributed by atoms with Gasteiger partial charge in [0, 0.05) is 47.4 Å². The molecule has 22 heavy (non-hydrogen) atoms. The number of pyridine rings is 1. The van der Waals surface area contributed by atoms with Gasteiger partial charge in [-0.3, -0.25) is 19.9 Å². The first-order valence-corrected chi connectivity index (χ1v) is 7.79. The summed E-state index contributed by atoms with van der Waals surface area (Å²) in [6, 6.07) is 7.93. The van der Waals surface area contributed by atoms with Gasteiger partial charge in [-0.25, -0.2) is 0 Å². The molecule has 8 heteroatoms. The van der Waals surface area contributed by atoms with E-state index in [9.17, 15) is 14.9 Å². The minimum atomic E-state index is -0.470. The summed E-state index contributed by atoms with van der Waals surface area (Å²) in [7, 11) is 3.30. The van der Waals surface area contributed by atoms with E-state index in [1.54, 1.807) is 38.5 Å². The fourth-order valence-corrected chi connectivity index (χ4v) is 2.92. The highest BCUT2D eigenvalue weighted by Gasteiger charge is 2.18. The summed E-state index contributed by atoms with van der Waals surface area (Å²) >= 11 is 4.39. The van der Waals surface area contributed by atoms with E-state index in [2.05, 4.69) is 20.9 Å². The van der Waals surface area contributed by atoms with Gasteiger partial charge < -0.3 is 4.90 Å². The molecule has 0 unspecified atom stereocenters. The summed E-state index contributed by atoms with van der Waals surface area (Å²) < 4.78 is 0.703. The first kappa shape index (κ1) is 16.4. The van der Waals surface area contributed by atoms with Crippen LogP contribution in [0.5, 0.6) is 0 Å². The van der Waals surface area contributed by atoms with Crippen LogP contribution in [0.15, 0.2) is 45.9 Å². The summed E-state index contributed by atoms with van der Waals surface area (Å²) in [5, 5.41) is 10.8.